The van der Waals surface area contributed by atoms with E-state index in [0.29, 0.717) is 16.3 Å². The average Bonchev–Trinajstić information content (AvgIpc) is 3.10. The van der Waals surface area contributed by atoms with E-state index in [1.165, 1.54) is 0 Å². The van der Waals surface area contributed by atoms with Crippen molar-refractivity contribution >= 4 is 34.2 Å². The van der Waals surface area contributed by atoms with E-state index in [1.807, 2.05) is 68.4 Å². The number of aryl methyl sites for hydroxylation is 2. The number of carbonyl (C=O) groups is 1. The summed E-state index contributed by atoms with van der Waals surface area (Å²) in [6, 6.07) is 18.9. The molecule has 4 nitrogen and oxygen atoms in total. The van der Waals surface area contributed by atoms with Crippen molar-refractivity contribution in [1.82, 2.24) is 9.97 Å². The summed E-state index contributed by atoms with van der Waals surface area (Å²) in [6.07, 6.45) is 0. The van der Waals surface area contributed by atoms with Gasteiger partial charge in [-0.25, -0.2) is 4.98 Å². The lowest BCUT2D eigenvalue weighted by Gasteiger charge is -2.10. The van der Waals surface area contributed by atoms with Crippen LogP contribution in [-0.2, 0) is 0 Å². The smallest absolute Gasteiger partial charge is 0.255 e. The minimum Gasteiger partial charge on any atom is -0.338 e. The number of nitrogens with one attached hydrogen (secondary N) is 2. The third kappa shape index (κ3) is 3.44. The molecule has 0 aliphatic heterocycles. The number of anilines is 1. The van der Waals surface area contributed by atoms with E-state index in [2.05, 4.69) is 15.3 Å². The van der Waals surface area contributed by atoms with E-state index in [0.717, 1.165) is 33.5 Å². The molecule has 5 heteroatoms. The first-order valence-corrected chi connectivity index (χ1v) is 9.02. The SMILES string of the molecule is Cc1ccc(C(=O)Nc2cc(-c3nc4ccccc4[nH]3)ccc2Cl)cc1C. The third-order valence-corrected chi connectivity index (χ3v) is 4.98. The number of aromatic nitrogens is 2. The Morgan fingerprint density at radius 1 is 1.00 bits per heavy atom. The number of carbonyl (C=O) groups excluding carboxylic acids is 1. The molecule has 2 N–H and O–H groups in total. The first-order chi connectivity index (χ1) is 13.0. The van der Waals surface area contributed by atoms with E-state index in [-0.39, 0.29) is 5.91 Å². The first kappa shape index (κ1) is 17.3. The molecule has 0 fully saturated rings. The second kappa shape index (κ2) is 6.89. The molecule has 1 heterocycles. The summed E-state index contributed by atoms with van der Waals surface area (Å²) in [7, 11) is 0. The van der Waals surface area contributed by atoms with Crippen molar-refractivity contribution in [1.29, 1.82) is 0 Å². The third-order valence-electron chi connectivity index (χ3n) is 4.65. The molecule has 4 aromatic rings. The molecule has 0 spiro atoms. The van der Waals surface area contributed by atoms with E-state index in [9.17, 15) is 4.79 Å². The van der Waals surface area contributed by atoms with Gasteiger partial charge in [0.25, 0.3) is 5.91 Å². The predicted molar refractivity (Wildman–Crippen MR) is 110 cm³/mol. The fourth-order valence-corrected chi connectivity index (χ4v) is 3.10. The predicted octanol–water partition coefficient (Wildman–Crippen LogP) is 5.75. The van der Waals surface area contributed by atoms with Crippen molar-refractivity contribution < 1.29 is 4.79 Å². The zero-order chi connectivity index (χ0) is 19.0. The van der Waals surface area contributed by atoms with Gasteiger partial charge in [0, 0.05) is 11.1 Å². The molecular weight excluding hydrogens is 358 g/mol. The van der Waals surface area contributed by atoms with E-state index in [4.69, 9.17) is 11.6 Å². The Morgan fingerprint density at radius 2 is 1.81 bits per heavy atom. The number of nitrogens with zero attached hydrogens (tertiary/aromatic N) is 1. The Hall–Kier alpha value is -3.11. The highest BCUT2D eigenvalue weighted by Gasteiger charge is 2.12. The standard InChI is InChI=1S/C22H18ClN3O/c1-13-7-8-16(11-14(13)2)22(27)26-20-12-15(9-10-17(20)23)21-24-18-5-3-4-6-19(18)25-21/h3-12H,1-2H3,(H,24,25)(H,26,27). The summed E-state index contributed by atoms with van der Waals surface area (Å²) in [5, 5.41) is 3.38. The molecule has 27 heavy (non-hydrogen) atoms. The van der Waals surface area contributed by atoms with Crippen molar-refractivity contribution in [3.05, 3.63) is 82.4 Å². The van der Waals surface area contributed by atoms with Crippen LogP contribution in [0.4, 0.5) is 5.69 Å². The van der Waals surface area contributed by atoms with Crippen LogP contribution >= 0.6 is 11.6 Å². The molecule has 0 saturated carbocycles. The number of hydrogen-bond donors (Lipinski definition) is 2. The molecule has 4 rings (SSSR count). The van der Waals surface area contributed by atoms with Crippen LogP contribution < -0.4 is 5.32 Å². The van der Waals surface area contributed by atoms with Crippen molar-refractivity contribution in [3.63, 3.8) is 0 Å². The maximum atomic E-state index is 12.6. The Kier molecular flexibility index (Phi) is 4.42. The lowest BCUT2D eigenvalue weighted by atomic mass is 10.1. The second-order valence-corrected chi connectivity index (χ2v) is 6.96. The zero-order valence-electron chi connectivity index (χ0n) is 15.0. The maximum absolute atomic E-state index is 12.6. The van der Waals surface area contributed by atoms with Crippen molar-refractivity contribution in [2.24, 2.45) is 0 Å². The summed E-state index contributed by atoms with van der Waals surface area (Å²) in [5.74, 6) is 0.538. The summed E-state index contributed by atoms with van der Waals surface area (Å²) >= 11 is 6.31. The molecule has 0 aliphatic carbocycles. The van der Waals surface area contributed by atoms with Gasteiger partial charge in [0.2, 0.25) is 0 Å². The lowest BCUT2D eigenvalue weighted by Crippen LogP contribution is -2.12. The molecule has 0 saturated heterocycles. The van der Waals surface area contributed by atoms with Crippen LogP contribution in [0.2, 0.25) is 5.02 Å². The highest BCUT2D eigenvalue weighted by atomic mass is 35.5. The van der Waals surface area contributed by atoms with Crippen molar-refractivity contribution in [3.8, 4) is 11.4 Å². The maximum Gasteiger partial charge on any atom is 0.255 e. The van der Waals surface area contributed by atoms with Gasteiger partial charge in [-0.15, -0.1) is 0 Å². The van der Waals surface area contributed by atoms with Crippen molar-refractivity contribution in [2.45, 2.75) is 13.8 Å². The van der Waals surface area contributed by atoms with Gasteiger partial charge in [0.05, 0.1) is 21.7 Å². The Balaban J connectivity index is 1.66. The highest BCUT2D eigenvalue weighted by Crippen LogP contribution is 2.29. The van der Waals surface area contributed by atoms with Crippen LogP contribution in [0.5, 0.6) is 0 Å². The monoisotopic (exact) mass is 375 g/mol. The van der Waals surface area contributed by atoms with E-state index >= 15 is 0 Å². The molecule has 0 unspecified atom stereocenters. The number of para-hydroxylation sites is 2. The van der Waals surface area contributed by atoms with Gasteiger partial charge in [0.15, 0.2) is 0 Å². The fourth-order valence-electron chi connectivity index (χ4n) is 2.94. The summed E-state index contributed by atoms with van der Waals surface area (Å²) in [5.41, 5.74) is 6.08. The van der Waals surface area contributed by atoms with Gasteiger partial charge < -0.3 is 10.3 Å². The molecule has 1 aromatic heterocycles. The molecule has 0 atom stereocenters. The lowest BCUT2D eigenvalue weighted by molar-refractivity contribution is 0.102. The molecule has 0 radical (unpaired) electrons. The fraction of sp³-hybridized carbons (Fsp3) is 0.0909. The van der Waals surface area contributed by atoms with E-state index in [1.54, 1.807) is 6.07 Å². The molecule has 3 aromatic carbocycles. The molecule has 134 valence electrons. The Morgan fingerprint density at radius 3 is 2.59 bits per heavy atom. The highest BCUT2D eigenvalue weighted by molar-refractivity contribution is 6.34. The summed E-state index contributed by atoms with van der Waals surface area (Å²) in [4.78, 5) is 20.5. The number of fused-ring (bicyclic) bond motifs is 1. The number of halogens is 1. The zero-order valence-corrected chi connectivity index (χ0v) is 15.8. The number of hydrogen-bond acceptors (Lipinski definition) is 2. The first-order valence-electron chi connectivity index (χ1n) is 8.64. The van der Waals surface area contributed by atoms with Crippen LogP contribution in [0.15, 0.2) is 60.7 Å². The van der Waals surface area contributed by atoms with Crippen LogP contribution in [0.1, 0.15) is 21.5 Å². The minimum absolute atomic E-state index is 0.193. The van der Waals surface area contributed by atoms with Gasteiger partial charge in [-0.2, -0.15) is 0 Å². The summed E-state index contributed by atoms with van der Waals surface area (Å²) < 4.78 is 0. The number of aromatic amines is 1. The largest absolute Gasteiger partial charge is 0.338 e. The van der Waals surface area contributed by atoms with Crippen LogP contribution in [-0.4, -0.2) is 15.9 Å². The second-order valence-electron chi connectivity index (χ2n) is 6.55. The summed E-state index contributed by atoms with van der Waals surface area (Å²) in [6.45, 7) is 4.01. The molecular formula is C22H18ClN3O. The van der Waals surface area contributed by atoms with E-state index < -0.39 is 0 Å². The Labute approximate surface area is 162 Å². The van der Waals surface area contributed by atoms with Crippen LogP contribution in [0.3, 0.4) is 0 Å². The van der Waals surface area contributed by atoms with Gasteiger partial charge in [-0.3, -0.25) is 4.79 Å². The molecule has 0 aliphatic rings. The number of amides is 1. The van der Waals surface area contributed by atoms with Crippen LogP contribution in [0.25, 0.3) is 22.4 Å². The number of H-pyrrole nitrogens is 1. The number of imidazole rings is 1. The molecule has 1 amide bonds. The van der Waals surface area contributed by atoms with Gasteiger partial charge in [0.1, 0.15) is 5.82 Å². The van der Waals surface area contributed by atoms with Gasteiger partial charge in [-0.05, 0) is 67.4 Å². The topological polar surface area (TPSA) is 57.8 Å². The quantitative estimate of drug-likeness (QED) is 0.478. The number of benzene rings is 3. The van der Waals surface area contributed by atoms with Crippen LogP contribution in [0, 0.1) is 13.8 Å². The Bertz CT molecular complexity index is 1130. The normalized spacial score (nSPS) is 10.9. The number of rotatable bonds is 3. The minimum atomic E-state index is -0.193. The van der Waals surface area contributed by atoms with Gasteiger partial charge >= 0.3 is 0 Å². The van der Waals surface area contributed by atoms with Gasteiger partial charge in [-0.1, -0.05) is 29.8 Å². The molecule has 0 bridgehead atoms. The van der Waals surface area contributed by atoms with Crippen molar-refractivity contribution in [2.75, 3.05) is 5.32 Å². The average molecular weight is 376 g/mol.